The lowest BCUT2D eigenvalue weighted by molar-refractivity contribution is 0.0961. The summed E-state index contributed by atoms with van der Waals surface area (Å²) in [6.45, 7) is 3.67. The van der Waals surface area contributed by atoms with Crippen LogP contribution in [-0.4, -0.2) is 10.1 Å². The lowest BCUT2D eigenvalue weighted by Crippen LogP contribution is -2.23. The van der Waals surface area contributed by atoms with Gasteiger partial charge >= 0.3 is 0 Å². The van der Waals surface area contributed by atoms with Gasteiger partial charge in [0.15, 0.2) is 5.78 Å². The van der Waals surface area contributed by atoms with E-state index in [0.29, 0.717) is 11.3 Å². The Kier molecular flexibility index (Phi) is 4.66. The first-order valence-corrected chi connectivity index (χ1v) is 7.72. The minimum absolute atomic E-state index is 0.0477. The van der Waals surface area contributed by atoms with E-state index in [0.717, 1.165) is 10.2 Å². The van der Waals surface area contributed by atoms with Gasteiger partial charge in [0.1, 0.15) is 11.5 Å². The van der Waals surface area contributed by atoms with Crippen molar-refractivity contribution in [1.82, 2.24) is 0 Å². The average molecular weight is 398 g/mol. The van der Waals surface area contributed by atoms with E-state index in [-0.39, 0.29) is 5.78 Å². The zero-order valence-corrected chi connectivity index (χ0v) is 14.4. The Morgan fingerprint density at radius 2 is 1.70 bits per heavy atom. The standard InChI is InChI=1S/C16H14Br2O2/c1-16(2,18)15(19)11-6-8-13(9-7-11)20-14-5-3-4-12(17)10-14/h3-10H,1-2H3. The third kappa shape index (κ3) is 3.93. The van der Waals surface area contributed by atoms with Gasteiger partial charge in [-0.15, -0.1) is 0 Å². The van der Waals surface area contributed by atoms with Gasteiger partial charge in [-0.3, -0.25) is 4.79 Å². The molecule has 0 aliphatic carbocycles. The second kappa shape index (κ2) is 6.10. The maximum Gasteiger partial charge on any atom is 0.178 e. The summed E-state index contributed by atoms with van der Waals surface area (Å²) in [7, 11) is 0. The van der Waals surface area contributed by atoms with Gasteiger partial charge in [-0.1, -0.05) is 37.9 Å². The summed E-state index contributed by atoms with van der Waals surface area (Å²) in [5.74, 6) is 1.50. The first kappa shape index (κ1) is 15.3. The quantitative estimate of drug-likeness (QED) is 0.495. The number of Topliss-reactive ketones (excluding diaryl/α,β-unsaturated/α-hetero) is 1. The van der Waals surface area contributed by atoms with Gasteiger partial charge in [0.2, 0.25) is 0 Å². The third-order valence-electron chi connectivity index (χ3n) is 2.69. The molecule has 104 valence electrons. The minimum atomic E-state index is -0.556. The van der Waals surface area contributed by atoms with Crippen LogP contribution >= 0.6 is 31.9 Å². The largest absolute Gasteiger partial charge is 0.457 e. The summed E-state index contributed by atoms with van der Waals surface area (Å²) >= 11 is 6.77. The molecular weight excluding hydrogens is 384 g/mol. The fourth-order valence-electron chi connectivity index (χ4n) is 1.68. The van der Waals surface area contributed by atoms with Crippen LogP contribution in [0.4, 0.5) is 0 Å². The normalized spacial score (nSPS) is 11.2. The average Bonchev–Trinajstić information content (AvgIpc) is 2.38. The van der Waals surface area contributed by atoms with Gasteiger partial charge in [0, 0.05) is 10.0 Å². The van der Waals surface area contributed by atoms with E-state index in [2.05, 4.69) is 31.9 Å². The summed E-state index contributed by atoms with van der Waals surface area (Å²) in [6.07, 6.45) is 0. The number of hydrogen-bond acceptors (Lipinski definition) is 2. The van der Waals surface area contributed by atoms with Crippen molar-refractivity contribution in [3.8, 4) is 11.5 Å². The van der Waals surface area contributed by atoms with E-state index in [4.69, 9.17) is 4.74 Å². The van der Waals surface area contributed by atoms with Gasteiger partial charge in [0.05, 0.1) is 4.32 Å². The SMILES string of the molecule is CC(C)(Br)C(=O)c1ccc(Oc2cccc(Br)c2)cc1. The molecule has 0 saturated carbocycles. The van der Waals surface area contributed by atoms with E-state index < -0.39 is 4.32 Å². The van der Waals surface area contributed by atoms with Gasteiger partial charge in [-0.2, -0.15) is 0 Å². The molecule has 0 N–H and O–H groups in total. The predicted octanol–water partition coefficient (Wildman–Crippen LogP) is 5.60. The molecule has 0 spiro atoms. The van der Waals surface area contributed by atoms with E-state index in [1.807, 2.05) is 38.1 Å². The number of carbonyl (C=O) groups excluding carboxylic acids is 1. The minimum Gasteiger partial charge on any atom is -0.457 e. The molecule has 0 amide bonds. The topological polar surface area (TPSA) is 26.3 Å². The summed E-state index contributed by atoms with van der Waals surface area (Å²) in [4.78, 5) is 12.1. The number of ether oxygens (including phenoxy) is 1. The molecule has 2 aromatic rings. The predicted molar refractivity (Wildman–Crippen MR) is 88.0 cm³/mol. The molecule has 2 aromatic carbocycles. The number of benzene rings is 2. The zero-order valence-electron chi connectivity index (χ0n) is 11.2. The Labute approximate surface area is 135 Å². The van der Waals surface area contributed by atoms with Crippen molar-refractivity contribution in [2.45, 2.75) is 18.2 Å². The van der Waals surface area contributed by atoms with Crippen LogP contribution < -0.4 is 4.74 Å². The Hall–Kier alpha value is -1.13. The number of carbonyl (C=O) groups is 1. The Morgan fingerprint density at radius 1 is 1.05 bits per heavy atom. The Bertz CT molecular complexity index is 613. The van der Waals surface area contributed by atoms with Crippen molar-refractivity contribution in [1.29, 1.82) is 0 Å². The lowest BCUT2D eigenvalue weighted by Gasteiger charge is -2.14. The number of halogens is 2. The van der Waals surface area contributed by atoms with Crippen LogP contribution in [0.3, 0.4) is 0 Å². The number of hydrogen-bond donors (Lipinski definition) is 0. The fourth-order valence-corrected chi connectivity index (χ4v) is 2.29. The summed E-state index contributed by atoms with van der Waals surface area (Å²) in [5.41, 5.74) is 0.661. The highest BCUT2D eigenvalue weighted by molar-refractivity contribution is 9.10. The first-order valence-electron chi connectivity index (χ1n) is 6.13. The van der Waals surface area contributed by atoms with Crippen molar-refractivity contribution >= 4 is 37.6 Å². The number of rotatable bonds is 4. The van der Waals surface area contributed by atoms with Gasteiger partial charge < -0.3 is 4.74 Å². The van der Waals surface area contributed by atoms with Crippen LogP contribution in [-0.2, 0) is 0 Å². The maximum absolute atomic E-state index is 12.1. The van der Waals surface area contributed by atoms with Gasteiger partial charge in [0.25, 0.3) is 0 Å². The van der Waals surface area contributed by atoms with Gasteiger partial charge in [-0.05, 0) is 56.3 Å². The zero-order chi connectivity index (χ0) is 14.8. The molecule has 0 aliphatic heterocycles. The van der Waals surface area contributed by atoms with Crippen molar-refractivity contribution in [3.05, 3.63) is 58.6 Å². The van der Waals surface area contributed by atoms with Crippen molar-refractivity contribution in [2.24, 2.45) is 0 Å². The number of ketones is 1. The molecule has 0 aliphatic rings. The fraction of sp³-hybridized carbons (Fsp3) is 0.188. The third-order valence-corrected chi connectivity index (χ3v) is 3.54. The van der Waals surface area contributed by atoms with Crippen molar-refractivity contribution < 1.29 is 9.53 Å². The van der Waals surface area contributed by atoms with Gasteiger partial charge in [-0.25, -0.2) is 0 Å². The van der Waals surface area contributed by atoms with E-state index in [9.17, 15) is 4.79 Å². The molecule has 0 aromatic heterocycles. The summed E-state index contributed by atoms with van der Waals surface area (Å²) in [6, 6.07) is 14.8. The molecule has 0 bridgehead atoms. The highest BCUT2D eigenvalue weighted by atomic mass is 79.9. The highest BCUT2D eigenvalue weighted by Gasteiger charge is 2.24. The molecule has 0 heterocycles. The second-order valence-corrected chi connectivity index (χ2v) is 7.78. The first-order chi connectivity index (χ1) is 9.36. The number of alkyl halides is 1. The highest BCUT2D eigenvalue weighted by Crippen LogP contribution is 2.26. The molecule has 20 heavy (non-hydrogen) atoms. The van der Waals surface area contributed by atoms with Crippen molar-refractivity contribution in [3.63, 3.8) is 0 Å². The molecule has 2 nitrogen and oxygen atoms in total. The van der Waals surface area contributed by atoms with Crippen LogP contribution in [0.25, 0.3) is 0 Å². The molecule has 0 saturated heterocycles. The van der Waals surface area contributed by atoms with E-state index in [1.165, 1.54) is 0 Å². The van der Waals surface area contributed by atoms with Crippen LogP contribution in [0.15, 0.2) is 53.0 Å². The monoisotopic (exact) mass is 396 g/mol. The molecule has 4 heteroatoms. The van der Waals surface area contributed by atoms with Crippen LogP contribution in [0, 0.1) is 0 Å². The summed E-state index contributed by atoms with van der Waals surface area (Å²) < 4.78 is 6.13. The van der Waals surface area contributed by atoms with E-state index in [1.54, 1.807) is 24.3 Å². The Balaban J connectivity index is 2.15. The maximum atomic E-state index is 12.1. The Morgan fingerprint density at radius 3 is 2.25 bits per heavy atom. The molecular formula is C16H14Br2O2. The smallest absolute Gasteiger partial charge is 0.178 e. The molecule has 0 fully saturated rings. The van der Waals surface area contributed by atoms with Crippen LogP contribution in [0.2, 0.25) is 0 Å². The molecule has 0 atom stereocenters. The van der Waals surface area contributed by atoms with E-state index >= 15 is 0 Å². The van der Waals surface area contributed by atoms with Crippen LogP contribution in [0.1, 0.15) is 24.2 Å². The van der Waals surface area contributed by atoms with Crippen LogP contribution in [0.5, 0.6) is 11.5 Å². The van der Waals surface area contributed by atoms with Crippen molar-refractivity contribution in [2.75, 3.05) is 0 Å². The summed E-state index contributed by atoms with van der Waals surface area (Å²) in [5, 5.41) is 0. The molecule has 2 rings (SSSR count). The second-order valence-electron chi connectivity index (χ2n) is 4.89. The lowest BCUT2D eigenvalue weighted by atomic mass is 10.0. The molecule has 0 unspecified atom stereocenters. The molecule has 0 radical (unpaired) electrons.